The number of carbonyl (C=O) groups is 1. The third-order valence-corrected chi connectivity index (χ3v) is 1.87. The van der Waals surface area contributed by atoms with Crippen LogP contribution in [0.1, 0.15) is 0 Å². The Morgan fingerprint density at radius 3 is 2.62 bits per heavy atom. The van der Waals surface area contributed by atoms with Gasteiger partial charge in [-0.1, -0.05) is 0 Å². The third-order valence-electron chi connectivity index (χ3n) is 1.87. The largest absolute Gasteiger partial charge is 0.497 e. The average molecular weight is 224 g/mol. The molecule has 0 heterocycles. The van der Waals surface area contributed by atoms with Crippen molar-refractivity contribution in [2.45, 2.75) is 0 Å². The first-order valence-electron chi connectivity index (χ1n) is 4.98. The van der Waals surface area contributed by atoms with Gasteiger partial charge in [-0.15, -0.1) is 0 Å². The Hall–Kier alpha value is -1.59. The Bertz CT molecular complexity index is 325. The van der Waals surface area contributed by atoms with Crippen LogP contribution in [0.2, 0.25) is 0 Å². The van der Waals surface area contributed by atoms with Crippen LogP contribution < -0.4 is 15.8 Å². The fourth-order valence-corrected chi connectivity index (χ4v) is 1.12. The highest BCUT2D eigenvalue weighted by atomic mass is 16.5. The Labute approximate surface area is 94.5 Å². The van der Waals surface area contributed by atoms with E-state index in [4.69, 9.17) is 15.2 Å². The van der Waals surface area contributed by atoms with E-state index in [1.165, 1.54) is 0 Å². The molecule has 16 heavy (non-hydrogen) atoms. The quantitative estimate of drug-likeness (QED) is 0.694. The molecule has 1 aromatic carbocycles. The summed E-state index contributed by atoms with van der Waals surface area (Å²) in [6.45, 7) is 0.815. The Balaban J connectivity index is 2.37. The summed E-state index contributed by atoms with van der Waals surface area (Å²) in [5, 5.41) is 2.69. The second kappa shape index (κ2) is 6.81. The van der Waals surface area contributed by atoms with E-state index in [2.05, 4.69) is 5.32 Å². The molecular weight excluding hydrogens is 208 g/mol. The van der Waals surface area contributed by atoms with Crippen LogP contribution >= 0.6 is 0 Å². The van der Waals surface area contributed by atoms with Crippen molar-refractivity contribution in [3.8, 4) is 5.75 Å². The number of carbonyl (C=O) groups excluding carboxylic acids is 1. The monoisotopic (exact) mass is 224 g/mol. The zero-order chi connectivity index (χ0) is 11.8. The molecule has 0 saturated heterocycles. The first-order chi connectivity index (χ1) is 7.76. The minimum Gasteiger partial charge on any atom is -0.497 e. The molecule has 0 unspecified atom stereocenters. The minimum atomic E-state index is -0.196. The van der Waals surface area contributed by atoms with Gasteiger partial charge < -0.3 is 20.5 Å². The zero-order valence-electron chi connectivity index (χ0n) is 9.23. The van der Waals surface area contributed by atoms with Gasteiger partial charge >= 0.3 is 0 Å². The third kappa shape index (κ3) is 4.29. The van der Waals surface area contributed by atoms with E-state index in [0.717, 1.165) is 5.75 Å². The first-order valence-corrected chi connectivity index (χ1v) is 4.98. The molecule has 0 aliphatic heterocycles. The predicted octanol–water partition coefficient (Wildman–Crippen LogP) is 0.609. The van der Waals surface area contributed by atoms with Crippen LogP contribution in [-0.2, 0) is 9.53 Å². The predicted molar refractivity (Wildman–Crippen MR) is 61.5 cm³/mol. The van der Waals surface area contributed by atoms with Crippen molar-refractivity contribution in [2.75, 3.05) is 32.2 Å². The molecule has 0 aliphatic carbocycles. The maximum atomic E-state index is 11.3. The molecule has 1 aromatic rings. The Morgan fingerprint density at radius 2 is 2.06 bits per heavy atom. The van der Waals surface area contributed by atoms with Crippen molar-refractivity contribution in [1.82, 2.24) is 0 Å². The zero-order valence-corrected chi connectivity index (χ0v) is 9.23. The number of methoxy groups -OCH3 is 1. The maximum absolute atomic E-state index is 11.3. The van der Waals surface area contributed by atoms with Crippen LogP contribution in [0.4, 0.5) is 5.69 Å². The summed E-state index contributed by atoms with van der Waals surface area (Å²) >= 11 is 0. The SMILES string of the molecule is COc1ccc(NC(=O)COCCN)cc1. The summed E-state index contributed by atoms with van der Waals surface area (Å²) in [4.78, 5) is 11.3. The second-order valence-corrected chi connectivity index (χ2v) is 3.12. The smallest absolute Gasteiger partial charge is 0.250 e. The lowest BCUT2D eigenvalue weighted by molar-refractivity contribution is -0.120. The maximum Gasteiger partial charge on any atom is 0.250 e. The molecule has 0 fully saturated rings. The van der Waals surface area contributed by atoms with E-state index in [1.54, 1.807) is 31.4 Å². The van der Waals surface area contributed by atoms with Gasteiger partial charge in [0.15, 0.2) is 0 Å². The molecule has 1 amide bonds. The van der Waals surface area contributed by atoms with Gasteiger partial charge in [-0.05, 0) is 24.3 Å². The summed E-state index contributed by atoms with van der Waals surface area (Å²) in [7, 11) is 1.59. The number of ether oxygens (including phenoxy) is 2. The van der Waals surface area contributed by atoms with Crippen LogP contribution in [0, 0.1) is 0 Å². The van der Waals surface area contributed by atoms with E-state index >= 15 is 0 Å². The molecule has 1 rings (SSSR count). The minimum absolute atomic E-state index is 0.0171. The van der Waals surface area contributed by atoms with Gasteiger partial charge in [-0.2, -0.15) is 0 Å². The Morgan fingerprint density at radius 1 is 1.38 bits per heavy atom. The van der Waals surface area contributed by atoms with Gasteiger partial charge in [-0.3, -0.25) is 4.79 Å². The first kappa shape index (κ1) is 12.5. The molecule has 0 radical (unpaired) electrons. The fourth-order valence-electron chi connectivity index (χ4n) is 1.12. The lowest BCUT2D eigenvalue weighted by Gasteiger charge is -2.06. The van der Waals surface area contributed by atoms with Gasteiger partial charge in [-0.25, -0.2) is 0 Å². The van der Waals surface area contributed by atoms with Crippen molar-refractivity contribution >= 4 is 11.6 Å². The summed E-state index contributed by atoms with van der Waals surface area (Å²) in [6.07, 6.45) is 0. The highest BCUT2D eigenvalue weighted by molar-refractivity contribution is 5.91. The number of hydrogen-bond acceptors (Lipinski definition) is 4. The summed E-state index contributed by atoms with van der Waals surface area (Å²) < 4.78 is 10.0. The standard InChI is InChI=1S/C11H16N2O3/c1-15-10-4-2-9(3-5-10)13-11(14)8-16-7-6-12/h2-5H,6-8,12H2,1H3,(H,13,14). The number of benzene rings is 1. The van der Waals surface area contributed by atoms with Gasteiger partial charge in [0.25, 0.3) is 0 Å². The van der Waals surface area contributed by atoms with Crippen LogP contribution in [0.15, 0.2) is 24.3 Å². The van der Waals surface area contributed by atoms with Gasteiger partial charge in [0.1, 0.15) is 12.4 Å². The van der Waals surface area contributed by atoms with Crippen LogP contribution in [0.5, 0.6) is 5.75 Å². The lowest BCUT2D eigenvalue weighted by atomic mass is 10.3. The van der Waals surface area contributed by atoms with Crippen molar-refractivity contribution in [3.63, 3.8) is 0 Å². The summed E-state index contributed by atoms with van der Waals surface area (Å²) in [6, 6.07) is 7.08. The van der Waals surface area contributed by atoms with E-state index < -0.39 is 0 Å². The highest BCUT2D eigenvalue weighted by Crippen LogP contribution is 2.14. The molecule has 0 saturated carbocycles. The topological polar surface area (TPSA) is 73.6 Å². The molecule has 0 aliphatic rings. The molecule has 0 bridgehead atoms. The number of amides is 1. The van der Waals surface area contributed by atoms with Crippen LogP contribution in [0.25, 0.3) is 0 Å². The molecule has 5 nitrogen and oxygen atoms in total. The van der Waals surface area contributed by atoms with Gasteiger partial charge in [0.05, 0.1) is 13.7 Å². The van der Waals surface area contributed by atoms with Crippen LogP contribution in [0.3, 0.4) is 0 Å². The van der Waals surface area contributed by atoms with Crippen molar-refractivity contribution in [3.05, 3.63) is 24.3 Å². The molecule has 3 N–H and O–H groups in total. The lowest BCUT2D eigenvalue weighted by Crippen LogP contribution is -2.20. The molecule has 0 atom stereocenters. The molecular formula is C11H16N2O3. The van der Waals surface area contributed by atoms with Crippen LogP contribution in [-0.4, -0.2) is 32.8 Å². The second-order valence-electron chi connectivity index (χ2n) is 3.12. The highest BCUT2D eigenvalue weighted by Gasteiger charge is 2.01. The number of hydrogen-bond donors (Lipinski definition) is 2. The van der Waals surface area contributed by atoms with Gasteiger partial charge in [0.2, 0.25) is 5.91 Å². The normalized spacial score (nSPS) is 9.88. The molecule has 88 valence electrons. The fraction of sp³-hybridized carbons (Fsp3) is 0.364. The Kier molecular flexibility index (Phi) is 5.31. The number of rotatable bonds is 6. The van der Waals surface area contributed by atoms with Crippen molar-refractivity contribution in [1.29, 1.82) is 0 Å². The average Bonchev–Trinajstić information content (AvgIpc) is 2.30. The summed E-state index contributed by atoms with van der Waals surface area (Å²) in [5.74, 6) is 0.552. The number of anilines is 1. The molecule has 0 aromatic heterocycles. The van der Waals surface area contributed by atoms with Crippen molar-refractivity contribution < 1.29 is 14.3 Å². The van der Waals surface area contributed by atoms with E-state index in [1.807, 2.05) is 0 Å². The van der Waals surface area contributed by atoms with E-state index in [0.29, 0.717) is 18.8 Å². The molecule has 0 spiro atoms. The van der Waals surface area contributed by atoms with E-state index in [-0.39, 0.29) is 12.5 Å². The van der Waals surface area contributed by atoms with Gasteiger partial charge in [0, 0.05) is 12.2 Å². The number of nitrogens with two attached hydrogens (primary N) is 1. The molecule has 5 heteroatoms. The van der Waals surface area contributed by atoms with E-state index in [9.17, 15) is 4.79 Å². The van der Waals surface area contributed by atoms with Crippen molar-refractivity contribution in [2.24, 2.45) is 5.73 Å². The summed E-state index contributed by atoms with van der Waals surface area (Å²) in [5.41, 5.74) is 5.94. The number of nitrogens with one attached hydrogen (secondary N) is 1.